The van der Waals surface area contributed by atoms with Crippen molar-refractivity contribution in [1.82, 2.24) is 18.7 Å². The molecule has 0 atom stereocenters. The Morgan fingerprint density at radius 3 is 2.44 bits per heavy atom. The van der Waals surface area contributed by atoms with E-state index in [-0.39, 0.29) is 16.8 Å². The van der Waals surface area contributed by atoms with Crippen LogP contribution in [0.3, 0.4) is 0 Å². The summed E-state index contributed by atoms with van der Waals surface area (Å²) < 4.78 is 6.38. The summed E-state index contributed by atoms with van der Waals surface area (Å²) in [5.74, 6) is 0.608. The van der Waals surface area contributed by atoms with Crippen LogP contribution in [0.15, 0.2) is 46.0 Å². The van der Waals surface area contributed by atoms with Gasteiger partial charge in [-0.05, 0) is 18.2 Å². The summed E-state index contributed by atoms with van der Waals surface area (Å²) in [7, 11) is 6.91. The van der Waals surface area contributed by atoms with E-state index >= 15 is 0 Å². The van der Waals surface area contributed by atoms with E-state index in [1.165, 1.54) is 17.0 Å². The molecule has 0 saturated carbocycles. The maximum atomic E-state index is 12.4. The van der Waals surface area contributed by atoms with E-state index in [4.69, 9.17) is 0 Å². The van der Waals surface area contributed by atoms with Crippen molar-refractivity contribution in [2.75, 3.05) is 0 Å². The van der Waals surface area contributed by atoms with Gasteiger partial charge in [0.2, 0.25) is 11.2 Å². The maximum Gasteiger partial charge on any atom is 0.332 e. The molecule has 1 aromatic carbocycles. The molecular weight excluding hydrogens is 342 g/mol. The van der Waals surface area contributed by atoms with Gasteiger partial charge < -0.3 is 4.57 Å². The highest BCUT2D eigenvalue weighted by atomic mass is 16.2. The molecule has 3 heterocycles. The molecule has 0 unspecified atom stereocenters. The van der Waals surface area contributed by atoms with Gasteiger partial charge in [0.25, 0.3) is 5.56 Å². The minimum Gasteiger partial charge on any atom is -0.313 e. The molecule has 136 valence electrons. The zero-order valence-corrected chi connectivity index (χ0v) is 15.7. The van der Waals surface area contributed by atoms with Gasteiger partial charge >= 0.3 is 5.69 Å². The molecule has 0 spiro atoms. The Morgan fingerprint density at radius 2 is 1.67 bits per heavy atom. The molecule has 4 aromatic rings. The number of benzene rings is 1. The quantitative estimate of drug-likeness (QED) is 0.502. The van der Waals surface area contributed by atoms with E-state index in [9.17, 15) is 9.59 Å². The lowest BCUT2D eigenvalue weighted by Gasteiger charge is -2.05. The number of pyridine rings is 1. The summed E-state index contributed by atoms with van der Waals surface area (Å²) in [6.07, 6.45) is 3.81. The van der Waals surface area contributed by atoms with Crippen LogP contribution in [0.1, 0.15) is 11.5 Å². The summed E-state index contributed by atoms with van der Waals surface area (Å²) in [6.45, 7) is 0. The second-order valence-corrected chi connectivity index (χ2v) is 6.62. The van der Waals surface area contributed by atoms with Crippen LogP contribution in [0.2, 0.25) is 0 Å². The van der Waals surface area contributed by atoms with Gasteiger partial charge in [0.15, 0.2) is 5.52 Å². The molecule has 27 heavy (non-hydrogen) atoms. The lowest BCUT2D eigenvalue weighted by Crippen LogP contribution is -2.37. The highest BCUT2D eigenvalue weighted by molar-refractivity contribution is 5.78. The largest absolute Gasteiger partial charge is 0.332 e. The van der Waals surface area contributed by atoms with E-state index in [1.807, 2.05) is 37.4 Å². The highest BCUT2D eigenvalue weighted by Gasteiger charge is 2.16. The number of aryl methyl sites for hydroxylation is 3. The normalized spacial score (nSPS) is 11.9. The average molecular weight is 362 g/mol. The number of hydrogen-bond acceptors (Lipinski definition) is 3. The van der Waals surface area contributed by atoms with E-state index in [0.29, 0.717) is 11.5 Å². The van der Waals surface area contributed by atoms with Crippen molar-refractivity contribution in [3.05, 3.63) is 68.8 Å². The third-order valence-corrected chi connectivity index (χ3v) is 5.02. The molecule has 0 bridgehead atoms. The Labute approximate surface area is 155 Å². The fourth-order valence-electron chi connectivity index (χ4n) is 3.43. The zero-order chi connectivity index (χ0) is 19.3. The van der Waals surface area contributed by atoms with E-state index in [0.717, 1.165) is 15.8 Å². The SMILES string of the molecule is Cn1c(=O)c2nc(/C=C/c3ccc4ccccc4[n+]3C)n(C)c2n(C)c1=O. The molecular formula is C20H20N5O2+. The standard InChI is InChI=1S/C20H20N5O2/c1-22-14(10-9-13-7-5-6-8-15(13)22)11-12-16-21-17-18(23(16)2)24(3)20(27)25(4)19(17)26/h5-12H,1-4H3/q+1. The second kappa shape index (κ2) is 6.05. The predicted octanol–water partition coefficient (Wildman–Crippen LogP) is 1.12. The Bertz CT molecular complexity index is 1360. The van der Waals surface area contributed by atoms with Crippen LogP contribution in [-0.4, -0.2) is 18.7 Å². The third kappa shape index (κ3) is 2.51. The molecule has 7 heteroatoms. The topological polar surface area (TPSA) is 65.7 Å². The number of fused-ring (bicyclic) bond motifs is 2. The van der Waals surface area contributed by atoms with Crippen LogP contribution in [0.25, 0.3) is 34.2 Å². The van der Waals surface area contributed by atoms with E-state index < -0.39 is 0 Å². The molecule has 7 nitrogen and oxygen atoms in total. The fourth-order valence-corrected chi connectivity index (χ4v) is 3.43. The first-order chi connectivity index (χ1) is 12.9. The molecule has 4 rings (SSSR count). The number of hydrogen-bond donors (Lipinski definition) is 0. The van der Waals surface area contributed by atoms with E-state index in [2.05, 4.69) is 27.8 Å². The molecule has 3 aromatic heterocycles. The first-order valence-electron chi connectivity index (χ1n) is 8.58. The lowest BCUT2D eigenvalue weighted by atomic mass is 10.2. The van der Waals surface area contributed by atoms with Crippen molar-refractivity contribution in [2.45, 2.75) is 0 Å². The number of aromatic nitrogens is 5. The van der Waals surface area contributed by atoms with Gasteiger partial charge in [-0.2, -0.15) is 4.57 Å². The van der Waals surface area contributed by atoms with Crippen LogP contribution in [0.5, 0.6) is 0 Å². The second-order valence-electron chi connectivity index (χ2n) is 6.62. The van der Waals surface area contributed by atoms with Crippen molar-refractivity contribution in [3.8, 4) is 0 Å². The van der Waals surface area contributed by atoms with Crippen LogP contribution in [0.4, 0.5) is 0 Å². The molecule has 0 aliphatic heterocycles. The number of nitrogens with zero attached hydrogens (tertiary/aromatic N) is 5. The molecule has 0 fully saturated rings. The minimum absolute atomic E-state index is 0.282. The van der Waals surface area contributed by atoms with Crippen LogP contribution >= 0.6 is 0 Å². The Morgan fingerprint density at radius 1 is 0.926 bits per heavy atom. The van der Waals surface area contributed by atoms with Gasteiger partial charge in [0, 0.05) is 44.7 Å². The smallest absolute Gasteiger partial charge is 0.313 e. The number of para-hydroxylation sites is 1. The molecule has 0 aliphatic rings. The highest BCUT2D eigenvalue weighted by Crippen LogP contribution is 2.14. The maximum absolute atomic E-state index is 12.4. The Hall–Kier alpha value is -3.48. The molecule has 0 amide bonds. The average Bonchev–Trinajstić information content (AvgIpc) is 3.01. The summed E-state index contributed by atoms with van der Waals surface area (Å²) in [4.78, 5) is 29.0. The van der Waals surface area contributed by atoms with Crippen LogP contribution < -0.4 is 15.8 Å². The zero-order valence-electron chi connectivity index (χ0n) is 15.7. The van der Waals surface area contributed by atoms with Gasteiger partial charge in [0.1, 0.15) is 18.5 Å². The fraction of sp³-hybridized carbons (Fsp3) is 0.200. The van der Waals surface area contributed by atoms with Gasteiger partial charge in [-0.25, -0.2) is 9.78 Å². The van der Waals surface area contributed by atoms with Crippen molar-refractivity contribution in [3.63, 3.8) is 0 Å². The minimum atomic E-state index is -0.389. The van der Waals surface area contributed by atoms with Gasteiger partial charge in [-0.15, -0.1) is 0 Å². The van der Waals surface area contributed by atoms with Crippen molar-refractivity contribution in [2.24, 2.45) is 28.2 Å². The molecule has 0 radical (unpaired) electrons. The van der Waals surface area contributed by atoms with Crippen molar-refractivity contribution < 1.29 is 4.57 Å². The summed E-state index contributed by atoms with van der Waals surface area (Å²) in [5, 5.41) is 1.17. The van der Waals surface area contributed by atoms with Crippen LogP contribution in [-0.2, 0) is 28.2 Å². The summed E-state index contributed by atoms with van der Waals surface area (Å²) in [5.41, 5.74) is 2.16. The first-order valence-corrected chi connectivity index (χ1v) is 8.58. The lowest BCUT2D eigenvalue weighted by molar-refractivity contribution is -0.646. The molecule has 0 aliphatic carbocycles. The van der Waals surface area contributed by atoms with Gasteiger partial charge in [-0.3, -0.25) is 13.9 Å². The molecule has 0 N–H and O–H groups in total. The Balaban J connectivity index is 1.87. The molecule has 0 saturated heterocycles. The van der Waals surface area contributed by atoms with Crippen molar-refractivity contribution >= 4 is 34.2 Å². The van der Waals surface area contributed by atoms with Gasteiger partial charge in [-0.1, -0.05) is 12.1 Å². The Kier molecular flexibility index (Phi) is 3.80. The predicted molar refractivity (Wildman–Crippen MR) is 105 cm³/mol. The van der Waals surface area contributed by atoms with Gasteiger partial charge in [0.05, 0.1) is 0 Å². The summed E-state index contributed by atoms with van der Waals surface area (Å²) >= 11 is 0. The van der Waals surface area contributed by atoms with Crippen LogP contribution in [0, 0.1) is 0 Å². The first kappa shape index (κ1) is 17.0. The third-order valence-electron chi connectivity index (χ3n) is 5.02. The monoisotopic (exact) mass is 362 g/mol. The number of rotatable bonds is 2. The van der Waals surface area contributed by atoms with E-state index in [1.54, 1.807) is 18.7 Å². The number of imidazole rings is 1. The van der Waals surface area contributed by atoms with Crippen molar-refractivity contribution in [1.29, 1.82) is 0 Å². The summed E-state index contributed by atoms with van der Waals surface area (Å²) in [6, 6.07) is 12.3.